The first kappa shape index (κ1) is 12.5. The fourth-order valence-corrected chi connectivity index (χ4v) is 1.77. The van der Waals surface area contributed by atoms with Crippen molar-refractivity contribution in [3.8, 4) is 11.3 Å². The summed E-state index contributed by atoms with van der Waals surface area (Å²) in [5.74, 6) is -1.09. The van der Waals surface area contributed by atoms with Crippen molar-refractivity contribution in [3.63, 3.8) is 0 Å². The van der Waals surface area contributed by atoms with Gasteiger partial charge in [0.05, 0.1) is 11.9 Å². The Morgan fingerprint density at radius 1 is 1.50 bits per heavy atom. The zero-order valence-electron chi connectivity index (χ0n) is 9.02. The summed E-state index contributed by atoms with van der Waals surface area (Å²) in [7, 11) is 0. The van der Waals surface area contributed by atoms with Crippen molar-refractivity contribution >= 4 is 28.0 Å². The second-order valence-electron chi connectivity index (χ2n) is 3.48. The summed E-state index contributed by atoms with van der Waals surface area (Å²) >= 11 is 3.26. The Bertz CT molecular complexity index is 622. The summed E-state index contributed by atoms with van der Waals surface area (Å²) in [6.07, 6.45) is 3.72. The number of H-pyrrole nitrogens is 1. The van der Waals surface area contributed by atoms with E-state index in [-0.39, 0.29) is 5.82 Å². The second-order valence-corrected chi connectivity index (χ2v) is 4.39. The lowest BCUT2D eigenvalue weighted by Crippen LogP contribution is -1.87. The van der Waals surface area contributed by atoms with E-state index in [1.807, 2.05) is 0 Å². The van der Waals surface area contributed by atoms with Crippen molar-refractivity contribution in [2.45, 2.75) is 0 Å². The van der Waals surface area contributed by atoms with Crippen molar-refractivity contribution in [1.29, 1.82) is 0 Å². The molecule has 0 aliphatic carbocycles. The van der Waals surface area contributed by atoms with Crippen molar-refractivity contribution in [3.05, 3.63) is 46.6 Å². The van der Waals surface area contributed by atoms with Crippen LogP contribution >= 0.6 is 15.9 Å². The molecule has 1 aromatic carbocycles. The molecule has 0 aliphatic rings. The SMILES string of the molecule is O=C(O)/C=C/c1ncc(-c2cc(Br)ccc2F)[nH]1. The zero-order valence-corrected chi connectivity index (χ0v) is 10.6. The van der Waals surface area contributed by atoms with E-state index in [1.54, 1.807) is 12.1 Å². The van der Waals surface area contributed by atoms with Crippen LogP contribution in [0, 0.1) is 5.82 Å². The van der Waals surface area contributed by atoms with Gasteiger partial charge < -0.3 is 10.1 Å². The lowest BCUT2D eigenvalue weighted by Gasteiger charge is -2.00. The summed E-state index contributed by atoms with van der Waals surface area (Å²) in [4.78, 5) is 17.1. The van der Waals surface area contributed by atoms with Gasteiger partial charge in [-0.05, 0) is 24.3 Å². The monoisotopic (exact) mass is 310 g/mol. The van der Waals surface area contributed by atoms with Gasteiger partial charge >= 0.3 is 5.97 Å². The van der Waals surface area contributed by atoms with Crippen molar-refractivity contribution in [2.24, 2.45) is 0 Å². The normalized spacial score (nSPS) is 11.0. The molecule has 2 rings (SSSR count). The molecule has 6 heteroatoms. The van der Waals surface area contributed by atoms with Gasteiger partial charge in [-0.15, -0.1) is 0 Å². The van der Waals surface area contributed by atoms with Gasteiger partial charge in [0.15, 0.2) is 0 Å². The number of carbonyl (C=O) groups is 1. The highest BCUT2D eigenvalue weighted by Gasteiger charge is 2.08. The molecule has 0 saturated carbocycles. The van der Waals surface area contributed by atoms with Crippen LogP contribution in [0.5, 0.6) is 0 Å². The molecule has 2 aromatic rings. The first-order valence-corrected chi connectivity index (χ1v) is 5.77. The van der Waals surface area contributed by atoms with Crippen LogP contribution in [0.25, 0.3) is 17.3 Å². The van der Waals surface area contributed by atoms with E-state index < -0.39 is 5.97 Å². The molecular formula is C12H8BrFN2O2. The molecule has 18 heavy (non-hydrogen) atoms. The average Bonchev–Trinajstić information content (AvgIpc) is 2.78. The van der Waals surface area contributed by atoms with E-state index in [0.29, 0.717) is 17.1 Å². The highest BCUT2D eigenvalue weighted by Crippen LogP contribution is 2.24. The number of aliphatic carboxylic acids is 1. The first-order chi connectivity index (χ1) is 8.56. The quantitative estimate of drug-likeness (QED) is 0.856. The molecule has 0 spiro atoms. The van der Waals surface area contributed by atoms with Crippen LogP contribution < -0.4 is 0 Å². The molecule has 0 aliphatic heterocycles. The number of nitrogens with zero attached hydrogens (tertiary/aromatic N) is 1. The van der Waals surface area contributed by atoms with Gasteiger partial charge in [-0.25, -0.2) is 14.2 Å². The van der Waals surface area contributed by atoms with E-state index in [9.17, 15) is 9.18 Å². The zero-order chi connectivity index (χ0) is 13.1. The van der Waals surface area contributed by atoms with Gasteiger partial charge in [0.25, 0.3) is 0 Å². The third kappa shape index (κ3) is 2.84. The van der Waals surface area contributed by atoms with Crippen LogP contribution in [0.2, 0.25) is 0 Å². The average molecular weight is 311 g/mol. The van der Waals surface area contributed by atoms with Gasteiger partial charge in [-0.2, -0.15) is 0 Å². The van der Waals surface area contributed by atoms with Crippen LogP contribution in [0.3, 0.4) is 0 Å². The fraction of sp³-hybridized carbons (Fsp3) is 0. The predicted molar refractivity (Wildman–Crippen MR) is 68.4 cm³/mol. The van der Waals surface area contributed by atoms with Gasteiger partial charge in [0, 0.05) is 16.1 Å². The van der Waals surface area contributed by atoms with Crippen molar-refractivity contribution in [1.82, 2.24) is 9.97 Å². The highest BCUT2D eigenvalue weighted by atomic mass is 79.9. The Balaban J connectivity index is 2.35. The summed E-state index contributed by atoms with van der Waals surface area (Å²) in [5, 5.41) is 8.48. The smallest absolute Gasteiger partial charge is 0.328 e. The molecule has 2 N–H and O–H groups in total. The van der Waals surface area contributed by atoms with Gasteiger partial charge in [-0.1, -0.05) is 15.9 Å². The molecule has 0 fully saturated rings. The summed E-state index contributed by atoms with van der Waals surface area (Å²) in [6.45, 7) is 0. The van der Waals surface area contributed by atoms with E-state index in [4.69, 9.17) is 5.11 Å². The number of aromatic amines is 1. The topological polar surface area (TPSA) is 66.0 Å². The maximum Gasteiger partial charge on any atom is 0.328 e. The Kier molecular flexibility index (Phi) is 3.57. The molecular weight excluding hydrogens is 303 g/mol. The van der Waals surface area contributed by atoms with E-state index >= 15 is 0 Å². The molecule has 0 amide bonds. The number of nitrogens with one attached hydrogen (secondary N) is 1. The number of aromatic nitrogens is 2. The van der Waals surface area contributed by atoms with Gasteiger partial charge in [-0.3, -0.25) is 0 Å². The molecule has 92 valence electrons. The minimum atomic E-state index is -1.07. The van der Waals surface area contributed by atoms with Crippen LogP contribution in [-0.4, -0.2) is 21.0 Å². The van der Waals surface area contributed by atoms with E-state index in [1.165, 1.54) is 18.3 Å². The molecule has 1 aromatic heterocycles. The number of rotatable bonds is 3. The lowest BCUT2D eigenvalue weighted by molar-refractivity contribution is -0.131. The highest BCUT2D eigenvalue weighted by molar-refractivity contribution is 9.10. The standard InChI is InChI=1S/C12H8BrFN2O2/c13-7-1-2-9(14)8(5-7)10-6-15-11(16-10)3-4-12(17)18/h1-6H,(H,15,16)(H,17,18)/b4-3+. The van der Waals surface area contributed by atoms with Crippen LogP contribution in [0.15, 0.2) is 34.9 Å². The van der Waals surface area contributed by atoms with Crippen LogP contribution in [-0.2, 0) is 4.79 Å². The molecule has 0 unspecified atom stereocenters. The summed E-state index contributed by atoms with van der Waals surface area (Å²) in [5.41, 5.74) is 0.852. The number of carboxylic acid groups (broad SMARTS) is 1. The second kappa shape index (κ2) is 5.14. The molecule has 1 heterocycles. The molecule has 0 saturated heterocycles. The number of benzene rings is 1. The Labute approximate surface area is 110 Å². The number of carboxylic acids is 1. The van der Waals surface area contributed by atoms with Gasteiger partial charge in [0.1, 0.15) is 11.6 Å². The Morgan fingerprint density at radius 3 is 3.00 bits per heavy atom. The minimum absolute atomic E-state index is 0.353. The van der Waals surface area contributed by atoms with Crippen LogP contribution in [0.4, 0.5) is 4.39 Å². The van der Waals surface area contributed by atoms with Crippen LogP contribution in [0.1, 0.15) is 5.82 Å². The molecule has 4 nitrogen and oxygen atoms in total. The first-order valence-electron chi connectivity index (χ1n) is 4.97. The maximum absolute atomic E-state index is 13.6. The fourth-order valence-electron chi connectivity index (χ4n) is 1.41. The lowest BCUT2D eigenvalue weighted by atomic mass is 10.1. The largest absolute Gasteiger partial charge is 0.478 e. The summed E-state index contributed by atoms with van der Waals surface area (Å²) < 4.78 is 14.3. The molecule has 0 bridgehead atoms. The minimum Gasteiger partial charge on any atom is -0.478 e. The van der Waals surface area contributed by atoms with Crippen molar-refractivity contribution < 1.29 is 14.3 Å². The third-order valence-corrected chi connectivity index (χ3v) is 2.69. The third-order valence-electron chi connectivity index (χ3n) is 2.20. The Hall–Kier alpha value is -1.95. The van der Waals surface area contributed by atoms with E-state index in [2.05, 4.69) is 25.9 Å². The van der Waals surface area contributed by atoms with Gasteiger partial charge in [0.2, 0.25) is 0 Å². The maximum atomic E-state index is 13.6. The number of halogens is 2. The number of hydrogen-bond donors (Lipinski definition) is 2. The molecule has 0 radical (unpaired) electrons. The van der Waals surface area contributed by atoms with Crippen molar-refractivity contribution in [2.75, 3.05) is 0 Å². The predicted octanol–water partition coefficient (Wildman–Crippen LogP) is 3.08. The van der Waals surface area contributed by atoms with E-state index in [0.717, 1.165) is 10.5 Å². The molecule has 0 atom stereocenters. The summed E-state index contributed by atoms with van der Waals surface area (Å²) in [6, 6.07) is 4.56. The number of hydrogen-bond acceptors (Lipinski definition) is 2. The Morgan fingerprint density at radius 2 is 2.28 bits per heavy atom. The number of imidazole rings is 1.